The third-order valence-electron chi connectivity index (χ3n) is 7.23. The van der Waals surface area contributed by atoms with Crippen molar-refractivity contribution in [3.63, 3.8) is 0 Å². The average molecular weight is 447 g/mol. The second-order valence-corrected chi connectivity index (χ2v) is 8.93. The van der Waals surface area contributed by atoms with Crippen molar-refractivity contribution in [2.75, 3.05) is 0 Å². The fraction of sp³-hybridized carbons (Fsp3) is 0.333. The van der Waals surface area contributed by atoms with Gasteiger partial charge in [-0.1, -0.05) is 31.0 Å². The Hall–Kier alpha value is -3.62. The fourth-order valence-corrected chi connectivity index (χ4v) is 5.87. The van der Waals surface area contributed by atoms with E-state index in [1.54, 1.807) is 6.20 Å². The minimum Gasteiger partial charge on any atom is -0.415 e. The maximum atomic E-state index is 13.5. The third-order valence-corrected chi connectivity index (χ3v) is 7.23. The van der Waals surface area contributed by atoms with Gasteiger partial charge in [0.15, 0.2) is 0 Å². The van der Waals surface area contributed by atoms with Crippen LogP contribution in [0.15, 0.2) is 40.9 Å². The predicted octanol–water partition coefficient (Wildman–Crippen LogP) is 4.49. The Balaban J connectivity index is 1.44. The van der Waals surface area contributed by atoms with E-state index >= 15 is 0 Å². The number of hydrogen-bond donors (Lipinski definition) is 0. The van der Waals surface area contributed by atoms with Crippen LogP contribution in [0, 0.1) is 0 Å². The van der Waals surface area contributed by atoms with Crippen molar-refractivity contribution in [1.29, 1.82) is 0 Å². The predicted molar refractivity (Wildman–Crippen MR) is 113 cm³/mol. The average Bonchev–Trinajstić information content (AvgIpc) is 3.54. The van der Waals surface area contributed by atoms with Gasteiger partial charge in [0.1, 0.15) is 0 Å². The molecule has 1 aromatic carbocycles. The van der Waals surface area contributed by atoms with Gasteiger partial charge in [-0.2, -0.15) is 8.78 Å². The van der Waals surface area contributed by atoms with Crippen molar-refractivity contribution in [3.05, 3.63) is 64.8 Å². The largest absolute Gasteiger partial charge is 0.415 e. The quantitative estimate of drug-likeness (QED) is 0.576. The normalized spacial score (nSPS) is 22.9. The lowest BCUT2D eigenvalue weighted by Crippen LogP contribution is -2.55. The van der Waals surface area contributed by atoms with Gasteiger partial charge in [-0.25, -0.2) is 0 Å². The van der Waals surface area contributed by atoms with E-state index < -0.39 is 12.3 Å². The summed E-state index contributed by atoms with van der Waals surface area (Å²) in [7, 11) is 0. The van der Waals surface area contributed by atoms with E-state index in [-0.39, 0.29) is 23.9 Å². The molecule has 4 aliphatic rings. The molecule has 2 aromatic heterocycles. The number of aromatic nitrogens is 3. The second-order valence-electron chi connectivity index (χ2n) is 8.93. The molecule has 2 unspecified atom stereocenters. The number of rotatable bonds is 2. The van der Waals surface area contributed by atoms with E-state index in [1.807, 2.05) is 35.2 Å². The topological polar surface area (TPSA) is 75.4 Å². The van der Waals surface area contributed by atoms with Gasteiger partial charge in [0.25, 0.3) is 11.8 Å². The number of carbonyl (C=O) groups excluding carboxylic acids is 1. The van der Waals surface area contributed by atoms with Crippen LogP contribution < -0.4 is 0 Å². The molecule has 0 bridgehead atoms. The summed E-state index contributed by atoms with van der Waals surface area (Å²) in [5.41, 5.74) is 5.84. The van der Waals surface area contributed by atoms with Crippen LogP contribution in [-0.2, 0) is 6.54 Å². The molecule has 3 aromatic rings. The number of nitrogens with zero attached hydrogens (tertiary/aromatic N) is 5. The van der Waals surface area contributed by atoms with Crippen LogP contribution in [0.25, 0.3) is 22.8 Å². The highest BCUT2D eigenvalue weighted by Crippen LogP contribution is 2.52. The zero-order valence-electron chi connectivity index (χ0n) is 17.5. The number of benzene rings is 1. The van der Waals surface area contributed by atoms with Gasteiger partial charge in [0.05, 0.1) is 41.3 Å². The maximum Gasteiger partial charge on any atom is 0.314 e. The first-order valence-corrected chi connectivity index (χ1v) is 11.2. The molecule has 7 nitrogen and oxygen atoms in total. The molecular formula is C24H19F2N5O2. The van der Waals surface area contributed by atoms with Crippen LogP contribution in [0.2, 0.25) is 0 Å². The number of amides is 1. The highest BCUT2D eigenvalue weighted by molar-refractivity contribution is 6.14. The van der Waals surface area contributed by atoms with E-state index in [4.69, 9.17) is 4.42 Å². The summed E-state index contributed by atoms with van der Waals surface area (Å²) in [6.45, 7) is 0.659. The Bertz CT molecular complexity index is 1350. The number of carbonyl (C=O) groups is 1. The van der Waals surface area contributed by atoms with E-state index in [1.165, 1.54) is 0 Å². The molecule has 0 saturated heterocycles. The van der Waals surface area contributed by atoms with E-state index in [0.29, 0.717) is 12.1 Å². The molecule has 1 amide bonds. The van der Waals surface area contributed by atoms with Gasteiger partial charge in [0, 0.05) is 22.9 Å². The molecule has 0 radical (unpaired) electrons. The molecule has 1 fully saturated rings. The van der Waals surface area contributed by atoms with Crippen molar-refractivity contribution < 1.29 is 18.0 Å². The zero-order valence-corrected chi connectivity index (χ0v) is 17.5. The van der Waals surface area contributed by atoms with E-state index in [2.05, 4.69) is 20.1 Å². The lowest BCUT2D eigenvalue weighted by molar-refractivity contribution is 0.0617. The van der Waals surface area contributed by atoms with Gasteiger partial charge < -0.3 is 14.2 Å². The summed E-state index contributed by atoms with van der Waals surface area (Å²) < 4.78 is 31.1. The molecular weight excluding hydrogens is 428 g/mol. The van der Waals surface area contributed by atoms with Crippen LogP contribution in [-0.4, -0.2) is 43.0 Å². The van der Waals surface area contributed by atoms with Crippen LogP contribution in [0.1, 0.15) is 65.2 Å². The van der Waals surface area contributed by atoms with Gasteiger partial charge in [-0.15, -0.1) is 10.2 Å². The molecule has 1 aliphatic carbocycles. The summed E-state index contributed by atoms with van der Waals surface area (Å²) in [5, 5.41) is 7.23. The Labute approximate surface area is 187 Å². The lowest BCUT2D eigenvalue weighted by atomic mass is 9.85. The summed E-state index contributed by atoms with van der Waals surface area (Å²) in [6.07, 6.45) is 2.99. The monoisotopic (exact) mass is 447 g/mol. The third kappa shape index (κ3) is 2.53. The minimum absolute atomic E-state index is 0.00996. The first kappa shape index (κ1) is 18.9. The van der Waals surface area contributed by atoms with Crippen molar-refractivity contribution in [3.8, 4) is 11.5 Å². The molecule has 9 heteroatoms. The van der Waals surface area contributed by atoms with Crippen LogP contribution in [0.4, 0.5) is 8.78 Å². The molecule has 33 heavy (non-hydrogen) atoms. The summed E-state index contributed by atoms with van der Waals surface area (Å²) in [5.74, 6) is -0.644. The molecule has 2 atom stereocenters. The van der Waals surface area contributed by atoms with Gasteiger partial charge >= 0.3 is 6.43 Å². The van der Waals surface area contributed by atoms with Gasteiger partial charge in [0.2, 0.25) is 5.89 Å². The molecule has 3 aliphatic heterocycles. The number of fused-ring (bicyclic) bond motifs is 9. The molecule has 0 spiro atoms. The Morgan fingerprint density at radius 3 is 2.58 bits per heavy atom. The highest BCUT2D eigenvalue weighted by Gasteiger charge is 2.51. The Kier molecular flexibility index (Phi) is 3.83. The molecule has 5 heterocycles. The van der Waals surface area contributed by atoms with Crippen molar-refractivity contribution in [2.45, 2.75) is 50.7 Å². The summed E-state index contributed by atoms with van der Waals surface area (Å²) in [6, 6.07) is 9.97. The number of hydrogen-bond acceptors (Lipinski definition) is 6. The second kappa shape index (κ2) is 6.69. The zero-order chi connectivity index (χ0) is 22.3. The fourth-order valence-electron chi connectivity index (χ4n) is 5.87. The van der Waals surface area contributed by atoms with E-state index in [0.717, 1.165) is 59.5 Å². The molecule has 7 rings (SSSR count). The van der Waals surface area contributed by atoms with Gasteiger partial charge in [-0.05, 0) is 25.0 Å². The minimum atomic E-state index is -2.83. The molecule has 166 valence electrons. The SMILES string of the molecule is O=C1c2ccccc2C2=C3c4cc(-c5nnc(C(F)F)o5)cnc4CN3C3CCCCC3N12. The Morgan fingerprint density at radius 2 is 1.79 bits per heavy atom. The van der Waals surface area contributed by atoms with Crippen molar-refractivity contribution in [2.24, 2.45) is 0 Å². The van der Waals surface area contributed by atoms with E-state index in [9.17, 15) is 13.6 Å². The van der Waals surface area contributed by atoms with Gasteiger partial charge in [-0.3, -0.25) is 9.78 Å². The standard InChI is InChI=1S/C24H19F2N5O2/c25-21(26)23-29-28-22(33-23)12-9-15-16(27-10-12)11-30-17-7-3-4-8-18(17)31-20(19(15)30)13-5-1-2-6-14(13)24(31)32/h1-2,5-6,9-10,17-18,21H,3-4,7-8,11H2. The number of halogens is 2. The Morgan fingerprint density at radius 1 is 1.00 bits per heavy atom. The van der Waals surface area contributed by atoms with Crippen LogP contribution in [0.3, 0.4) is 0 Å². The first-order chi connectivity index (χ1) is 16.1. The highest BCUT2D eigenvalue weighted by atomic mass is 19.3. The lowest BCUT2D eigenvalue weighted by Gasteiger charge is -2.48. The molecule has 0 N–H and O–H groups in total. The smallest absolute Gasteiger partial charge is 0.314 e. The first-order valence-electron chi connectivity index (χ1n) is 11.2. The number of alkyl halides is 2. The summed E-state index contributed by atoms with van der Waals surface area (Å²) in [4.78, 5) is 22.5. The molecule has 1 saturated carbocycles. The van der Waals surface area contributed by atoms with Crippen LogP contribution >= 0.6 is 0 Å². The summed E-state index contributed by atoms with van der Waals surface area (Å²) >= 11 is 0. The maximum absolute atomic E-state index is 13.5. The number of pyridine rings is 1. The van der Waals surface area contributed by atoms with Crippen LogP contribution in [0.5, 0.6) is 0 Å². The van der Waals surface area contributed by atoms with Crippen molar-refractivity contribution in [1.82, 2.24) is 25.0 Å². The van der Waals surface area contributed by atoms with Crippen molar-refractivity contribution >= 4 is 17.3 Å².